The summed E-state index contributed by atoms with van der Waals surface area (Å²) in [6, 6.07) is 5.87. The summed E-state index contributed by atoms with van der Waals surface area (Å²) in [5.74, 6) is 0. The third-order valence-electron chi connectivity index (χ3n) is 2.56. The minimum atomic E-state index is -0.505. The van der Waals surface area contributed by atoms with E-state index in [2.05, 4.69) is 15.1 Å². The minimum Gasteiger partial charge on any atom is -0.258 e. The largest absolute Gasteiger partial charge is 0.271 e. The van der Waals surface area contributed by atoms with Gasteiger partial charge in [-0.25, -0.2) is 4.68 Å². The third-order valence-corrected chi connectivity index (χ3v) is 2.56. The smallest absolute Gasteiger partial charge is 0.258 e. The Bertz CT molecular complexity index is 699. The molecule has 0 atom stereocenters. The second kappa shape index (κ2) is 4.79. The van der Waals surface area contributed by atoms with Crippen LogP contribution in [0.2, 0.25) is 0 Å². The molecule has 0 bridgehead atoms. The van der Waals surface area contributed by atoms with Gasteiger partial charge < -0.3 is 0 Å². The molecule has 0 aliphatic rings. The molecule has 0 fully saturated rings. The van der Waals surface area contributed by atoms with Crippen molar-refractivity contribution in [3.8, 4) is 5.69 Å². The Balaban J connectivity index is 2.70. The predicted octanol–water partition coefficient (Wildman–Crippen LogP) is 3.34. The molecule has 2 aromatic rings. The summed E-state index contributed by atoms with van der Waals surface area (Å²) in [5.41, 5.74) is 10.7. The van der Waals surface area contributed by atoms with Crippen molar-refractivity contribution in [2.75, 3.05) is 0 Å². The average molecular weight is 258 g/mol. The lowest BCUT2D eigenvalue weighted by Gasteiger charge is -2.07. The zero-order valence-corrected chi connectivity index (χ0v) is 10.3. The van der Waals surface area contributed by atoms with Crippen LogP contribution in [0.4, 0.5) is 11.4 Å². The summed E-state index contributed by atoms with van der Waals surface area (Å²) >= 11 is 0. The van der Waals surface area contributed by atoms with Gasteiger partial charge in [-0.1, -0.05) is 5.11 Å². The van der Waals surface area contributed by atoms with E-state index >= 15 is 0 Å². The van der Waals surface area contributed by atoms with Gasteiger partial charge in [0, 0.05) is 22.7 Å². The van der Waals surface area contributed by atoms with Crippen LogP contribution in [0.1, 0.15) is 11.4 Å². The molecule has 0 spiro atoms. The van der Waals surface area contributed by atoms with Gasteiger partial charge in [-0.3, -0.25) is 10.1 Å². The third kappa shape index (κ3) is 2.38. The normalized spacial score (nSPS) is 10.0. The molecule has 0 radical (unpaired) electrons. The molecule has 0 N–H and O–H groups in total. The lowest BCUT2D eigenvalue weighted by atomic mass is 10.2. The Morgan fingerprint density at radius 3 is 2.68 bits per heavy atom. The number of rotatable bonds is 3. The van der Waals surface area contributed by atoms with Crippen molar-refractivity contribution < 1.29 is 4.92 Å². The highest BCUT2D eigenvalue weighted by molar-refractivity contribution is 5.61. The summed E-state index contributed by atoms with van der Waals surface area (Å²) in [7, 11) is 0. The van der Waals surface area contributed by atoms with Gasteiger partial charge in [0.05, 0.1) is 22.0 Å². The maximum atomic E-state index is 10.8. The Morgan fingerprint density at radius 2 is 2.16 bits per heavy atom. The molecule has 8 heteroatoms. The van der Waals surface area contributed by atoms with Gasteiger partial charge in [-0.15, -0.1) is 0 Å². The van der Waals surface area contributed by atoms with E-state index in [1.807, 2.05) is 19.9 Å². The van der Waals surface area contributed by atoms with E-state index in [1.54, 1.807) is 0 Å². The first-order valence-corrected chi connectivity index (χ1v) is 5.40. The predicted molar refractivity (Wildman–Crippen MR) is 68.5 cm³/mol. The summed E-state index contributed by atoms with van der Waals surface area (Å²) in [6.45, 7) is 3.63. The quantitative estimate of drug-likeness (QED) is 0.276. The molecule has 0 aliphatic carbocycles. The van der Waals surface area contributed by atoms with Crippen LogP contribution >= 0.6 is 0 Å². The number of benzene rings is 1. The molecular weight excluding hydrogens is 248 g/mol. The van der Waals surface area contributed by atoms with Crippen LogP contribution in [-0.4, -0.2) is 14.7 Å². The molecule has 0 saturated carbocycles. The number of non-ortho nitro benzene ring substituents is 1. The first-order valence-electron chi connectivity index (χ1n) is 5.40. The first kappa shape index (κ1) is 12.6. The zero-order valence-electron chi connectivity index (χ0n) is 10.3. The van der Waals surface area contributed by atoms with E-state index in [0.717, 1.165) is 11.4 Å². The number of nitro groups is 1. The van der Waals surface area contributed by atoms with Gasteiger partial charge in [0.15, 0.2) is 0 Å². The van der Waals surface area contributed by atoms with Gasteiger partial charge in [-0.2, -0.15) is 5.10 Å². The number of nitro benzene ring substituents is 1. The molecule has 0 saturated heterocycles. The van der Waals surface area contributed by atoms with E-state index in [0.29, 0.717) is 11.4 Å². The molecule has 1 aromatic heterocycles. The van der Waals surface area contributed by atoms with E-state index < -0.39 is 4.92 Å². The molecular formula is C11H10N6O2. The van der Waals surface area contributed by atoms with Crippen LogP contribution in [0.3, 0.4) is 0 Å². The van der Waals surface area contributed by atoms with Crippen molar-refractivity contribution in [2.45, 2.75) is 13.8 Å². The fraction of sp³-hybridized carbons (Fsp3) is 0.182. The topological polar surface area (TPSA) is 110 Å². The highest BCUT2D eigenvalue weighted by Crippen LogP contribution is 2.28. The van der Waals surface area contributed by atoms with Crippen LogP contribution in [-0.2, 0) is 0 Å². The lowest BCUT2D eigenvalue weighted by molar-refractivity contribution is -0.384. The zero-order chi connectivity index (χ0) is 14.0. The van der Waals surface area contributed by atoms with Crippen molar-refractivity contribution in [1.82, 2.24) is 9.78 Å². The Hall–Kier alpha value is -2.86. The molecule has 1 heterocycles. The van der Waals surface area contributed by atoms with E-state index in [-0.39, 0.29) is 5.69 Å². The monoisotopic (exact) mass is 258 g/mol. The number of hydrogen-bond acceptors (Lipinski definition) is 4. The number of aryl methyl sites for hydroxylation is 2. The van der Waals surface area contributed by atoms with Crippen molar-refractivity contribution >= 4 is 11.4 Å². The van der Waals surface area contributed by atoms with Crippen molar-refractivity contribution in [3.63, 3.8) is 0 Å². The van der Waals surface area contributed by atoms with Crippen LogP contribution in [0.25, 0.3) is 16.1 Å². The van der Waals surface area contributed by atoms with Crippen LogP contribution in [0.5, 0.6) is 0 Å². The molecule has 0 amide bonds. The van der Waals surface area contributed by atoms with Gasteiger partial charge in [0.1, 0.15) is 0 Å². The maximum absolute atomic E-state index is 10.8. The van der Waals surface area contributed by atoms with Crippen LogP contribution < -0.4 is 0 Å². The van der Waals surface area contributed by atoms with Gasteiger partial charge in [0.2, 0.25) is 0 Å². The number of hydrogen-bond donors (Lipinski definition) is 0. The fourth-order valence-corrected chi connectivity index (χ4v) is 1.80. The molecule has 2 rings (SSSR count). The molecule has 8 nitrogen and oxygen atoms in total. The highest BCUT2D eigenvalue weighted by atomic mass is 16.6. The lowest BCUT2D eigenvalue weighted by Crippen LogP contribution is -2.00. The number of azide groups is 1. The Kier molecular flexibility index (Phi) is 3.17. The van der Waals surface area contributed by atoms with E-state index in [1.165, 1.54) is 22.9 Å². The second-order valence-electron chi connectivity index (χ2n) is 3.96. The number of nitrogens with zero attached hydrogens (tertiary/aromatic N) is 6. The molecule has 96 valence electrons. The SMILES string of the molecule is Cc1cc(C)n(-c2cc([N+](=O)[O-])ccc2N=[N+]=[N-])n1. The summed E-state index contributed by atoms with van der Waals surface area (Å²) < 4.78 is 1.52. The standard InChI is InChI=1S/C11H10N6O2/c1-7-5-8(2)16(14-7)11-6-9(17(18)19)3-4-10(11)13-15-12/h3-6H,1-2H3. The van der Waals surface area contributed by atoms with Gasteiger partial charge >= 0.3 is 0 Å². The molecule has 0 unspecified atom stereocenters. The van der Waals surface area contributed by atoms with Crippen LogP contribution in [0, 0.1) is 24.0 Å². The summed E-state index contributed by atoms with van der Waals surface area (Å²) in [5, 5.41) is 18.6. The van der Waals surface area contributed by atoms with E-state index in [9.17, 15) is 10.1 Å². The summed E-state index contributed by atoms with van der Waals surface area (Å²) in [4.78, 5) is 13.0. The summed E-state index contributed by atoms with van der Waals surface area (Å²) in [6.07, 6.45) is 0. The maximum Gasteiger partial charge on any atom is 0.271 e. The highest BCUT2D eigenvalue weighted by Gasteiger charge is 2.13. The molecule has 1 aromatic carbocycles. The molecule has 0 aliphatic heterocycles. The molecule has 19 heavy (non-hydrogen) atoms. The Labute approximate surface area is 108 Å². The van der Waals surface area contributed by atoms with E-state index in [4.69, 9.17) is 5.53 Å². The van der Waals surface area contributed by atoms with Crippen molar-refractivity contribution in [1.29, 1.82) is 0 Å². The van der Waals surface area contributed by atoms with Crippen molar-refractivity contribution in [3.05, 3.63) is 56.2 Å². The first-order chi connectivity index (χ1) is 9.02. The van der Waals surface area contributed by atoms with Crippen LogP contribution in [0.15, 0.2) is 29.4 Å². The fourth-order valence-electron chi connectivity index (χ4n) is 1.80. The average Bonchev–Trinajstić information content (AvgIpc) is 2.69. The number of aromatic nitrogens is 2. The van der Waals surface area contributed by atoms with Gasteiger partial charge in [-0.05, 0) is 31.5 Å². The minimum absolute atomic E-state index is 0.0838. The van der Waals surface area contributed by atoms with Gasteiger partial charge in [0.25, 0.3) is 5.69 Å². The van der Waals surface area contributed by atoms with Crippen molar-refractivity contribution in [2.24, 2.45) is 5.11 Å². The second-order valence-corrected chi connectivity index (χ2v) is 3.96. The Morgan fingerprint density at radius 1 is 1.42 bits per heavy atom.